The fraction of sp³-hybridized carbons (Fsp3) is 0.444. The number of furan rings is 1. The summed E-state index contributed by atoms with van der Waals surface area (Å²) in [4.78, 5) is 11.1. The van der Waals surface area contributed by atoms with Crippen molar-refractivity contribution in [1.29, 1.82) is 0 Å². The molecule has 1 heterocycles. The summed E-state index contributed by atoms with van der Waals surface area (Å²) >= 11 is 0. The second-order valence-corrected chi connectivity index (χ2v) is 2.68. The maximum absolute atomic E-state index is 11.1. The van der Waals surface area contributed by atoms with Crippen LogP contribution in [-0.4, -0.2) is 26.3 Å². The van der Waals surface area contributed by atoms with Crippen molar-refractivity contribution in [3.63, 3.8) is 0 Å². The molecule has 14 heavy (non-hydrogen) atoms. The summed E-state index contributed by atoms with van der Waals surface area (Å²) in [5.74, 6) is 0.729. The third kappa shape index (κ3) is 3.95. The minimum Gasteiger partial charge on any atom is -0.467 e. The van der Waals surface area contributed by atoms with Crippen molar-refractivity contribution in [2.75, 3.05) is 20.3 Å². The van der Waals surface area contributed by atoms with Gasteiger partial charge in [-0.25, -0.2) is 4.79 Å². The largest absolute Gasteiger partial charge is 0.467 e. The Kier molecular flexibility index (Phi) is 4.57. The fourth-order valence-electron chi connectivity index (χ4n) is 0.910. The number of carbonyl (C=O) groups is 1. The van der Waals surface area contributed by atoms with Crippen molar-refractivity contribution in [2.45, 2.75) is 6.54 Å². The average molecular weight is 198 g/mol. The minimum absolute atomic E-state index is 0.224. The summed E-state index contributed by atoms with van der Waals surface area (Å²) in [7, 11) is 1.59. The molecule has 0 fully saturated rings. The Hall–Kier alpha value is -1.49. The standard InChI is InChI=1S/C9H14N2O3/c1-13-6-4-10-9(12)11-7-8-3-2-5-14-8/h2-3,5H,4,6-7H2,1H3,(H2,10,11,12). The third-order valence-electron chi connectivity index (χ3n) is 1.60. The fourth-order valence-corrected chi connectivity index (χ4v) is 0.910. The molecule has 1 aromatic rings. The van der Waals surface area contributed by atoms with Crippen LogP contribution in [0.15, 0.2) is 22.8 Å². The van der Waals surface area contributed by atoms with E-state index in [9.17, 15) is 4.79 Å². The van der Waals surface area contributed by atoms with E-state index in [0.717, 1.165) is 5.76 Å². The highest BCUT2D eigenvalue weighted by molar-refractivity contribution is 5.73. The lowest BCUT2D eigenvalue weighted by atomic mass is 10.4. The maximum Gasteiger partial charge on any atom is 0.315 e. The number of methoxy groups -OCH3 is 1. The molecule has 1 aromatic heterocycles. The van der Waals surface area contributed by atoms with Gasteiger partial charge in [0.2, 0.25) is 0 Å². The first-order chi connectivity index (χ1) is 6.83. The van der Waals surface area contributed by atoms with Gasteiger partial charge in [0.05, 0.1) is 19.4 Å². The zero-order chi connectivity index (χ0) is 10.2. The van der Waals surface area contributed by atoms with Gasteiger partial charge in [-0.1, -0.05) is 0 Å². The Morgan fingerprint density at radius 3 is 3.07 bits per heavy atom. The molecule has 78 valence electrons. The van der Waals surface area contributed by atoms with Gasteiger partial charge in [-0.3, -0.25) is 0 Å². The highest BCUT2D eigenvalue weighted by Crippen LogP contribution is 1.97. The number of rotatable bonds is 5. The highest BCUT2D eigenvalue weighted by atomic mass is 16.5. The summed E-state index contributed by atoms with van der Waals surface area (Å²) in [6.45, 7) is 1.40. The molecule has 0 aliphatic rings. The van der Waals surface area contributed by atoms with Gasteiger partial charge in [0.25, 0.3) is 0 Å². The number of carbonyl (C=O) groups excluding carboxylic acids is 1. The van der Waals surface area contributed by atoms with Crippen LogP contribution in [0, 0.1) is 0 Å². The molecule has 1 rings (SSSR count). The van der Waals surface area contributed by atoms with Gasteiger partial charge in [0.15, 0.2) is 0 Å². The molecule has 0 saturated heterocycles. The first-order valence-electron chi connectivity index (χ1n) is 4.36. The van der Waals surface area contributed by atoms with Gasteiger partial charge in [-0.05, 0) is 12.1 Å². The number of hydrogen-bond donors (Lipinski definition) is 2. The molecular weight excluding hydrogens is 184 g/mol. The Morgan fingerprint density at radius 2 is 2.43 bits per heavy atom. The zero-order valence-electron chi connectivity index (χ0n) is 8.08. The molecule has 0 bridgehead atoms. The van der Waals surface area contributed by atoms with Crippen LogP contribution < -0.4 is 10.6 Å². The molecule has 0 atom stereocenters. The molecule has 0 saturated carbocycles. The van der Waals surface area contributed by atoms with Crippen LogP contribution in [0.4, 0.5) is 4.79 Å². The van der Waals surface area contributed by atoms with Gasteiger partial charge in [0.1, 0.15) is 5.76 Å². The van der Waals surface area contributed by atoms with E-state index >= 15 is 0 Å². The first-order valence-corrected chi connectivity index (χ1v) is 4.36. The SMILES string of the molecule is COCCNC(=O)NCc1ccco1. The number of urea groups is 1. The van der Waals surface area contributed by atoms with E-state index in [1.807, 2.05) is 0 Å². The molecule has 5 heteroatoms. The summed E-state index contributed by atoms with van der Waals surface area (Å²) in [6.07, 6.45) is 1.57. The minimum atomic E-state index is -0.224. The molecule has 0 aromatic carbocycles. The molecule has 0 aliphatic heterocycles. The first kappa shape index (κ1) is 10.6. The number of hydrogen-bond acceptors (Lipinski definition) is 3. The monoisotopic (exact) mass is 198 g/mol. The normalized spacial score (nSPS) is 9.79. The van der Waals surface area contributed by atoms with Crippen molar-refractivity contribution in [2.24, 2.45) is 0 Å². The number of nitrogens with one attached hydrogen (secondary N) is 2. The molecule has 0 aliphatic carbocycles. The van der Waals surface area contributed by atoms with Gasteiger partial charge in [0, 0.05) is 13.7 Å². The smallest absolute Gasteiger partial charge is 0.315 e. The van der Waals surface area contributed by atoms with Crippen LogP contribution in [0.5, 0.6) is 0 Å². The van der Waals surface area contributed by atoms with Crippen molar-refractivity contribution < 1.29 is 13.9 Å². The second-order valence-electron chi connectivity index (χ2n) is 2.68. The van der Waals surface area contributed by atoms with E-state index < -0.39 is 0 Å². The van der Waals surface area contributed by atoms with E-state index in [0.29, 0.717) is 19.7 Å². The summed E-state index contributed by atoms with van der Waals surface area (Å²) in [5.41, 5.74) is 0. The molecule has 0 radical (unpaired) electrons. The third-order valence-corrected chi connectivity index (χ3v) is 1.60. The lowest BCUT2D eigenvalue weighted by Crippen LogP contribution is -2.36. The van der Waals surface area contributed by atoms with E-state index in [4.69, 9.17) is 9.15 Å². The van der Waals surface area contributed by atoms with Crippen molar-refractivity contribution in [3.05, 3.63) is 24.2 Å². The molecule has 0 unspecified atom stereocenters. The van der Waals surface area contributed by atoms with Gasteiger partial charge < -0.3 is 19.8 Å². The van der Waals surface area contributed by atoms with E-state index in [-0.39, 0.29) is 6.03 Å². The molecule has 2 N–H and O–H groups in total. The molecule has 0 spiro atoms. The Labute approximate surface area is 82.4 Å². The quantitative estimate of drug-likeness (QED) is 0.685. The van der Waals surface area contributed by atoms with Gasteiger partial charge in [-0.15, -0.1) is 0 Å². The molecular formula is C9H14N2O3. The summed E-state index contributed by atoms with van der Waals surface area (Å²) in [5, 5.41) is 5.27. The van der Waals surface area contributed by atoms with Gasteiger partial charge in [-0.2, -0.15) is 0 Å². The highest BCUT2D eigenvalue weighted by Gasteiger charge is 2.00. The lowest BCUT2D eigenvalue weighted by Gasteiger charge is -2.05. The van der Waals surface area contributed by atoms with Crippen LogP contribution in [0.25, 0.3) is 0 Å². The van der Waals surface area contributed by atoms with E-state index in [1.165, 1.54) is 0 Å². The average Bonchev–Trinajstić information content (AvgIpc) is 2.68. The number of amides is 2. The molecule has 2 amide bonds. The van der Waals surface area contributed by atoms with Crippen LogP contribution in [0.1, 0.15) is 5.76 Å². The van der Waals surface area contributed by atoms with E-state index in [1.54, 1.807) is 25.5 Å². The van der Waals surface area contributed by atoms with Crippen molar-refractivity contribution in [1.82, 2.24) is 10.6 Å². The topological polar surface area (TPSA) is 63.5 Å². The maximum atomic E-state index is 11.1. The number of ether oxygens (including phenoxy) is 1. The van der Waals surface area contributed by atoms with Crippen molar-refractivity contribution in [3.8, 4) is 0 Å². The Morgan fingerprint density at radius 1 is 1.57 bits per heavy atom. The Bertz CT molecular complexity index is 259. The van der Waals surface area contributed by atoms with Crippen molar-refractivity contribution >= 4 is 6.03 Å². The van der Waals surface area contributed by atoms with Crippen LogP contribution in [0.3, 0.4) is 0 Å². The van der Waals surface area contributed by atoms with Crippen LogP contribution in [-0.2, 0) is 11.3 Å². The van der Waals surface area contributed by atoms with E-state index in [2.05, 4.69) is 10.6 Å². The summed E-state index contributed by atoms with van der Waals surface area (Å²) < 4.78 is 9.82. The second kappa shape index (κ2) is 6.04. The predicted octanol–water partition coefficient (Wildman–Crippen LogP) is 0.725. The van der Waals surface area contributed by atoms with Crippen LogP contribution >= 0.6 is 0 Å². The Balaban J connectivity index is 2.09. The summed E-state index contributed by atoms with van der Waals surface area (Å²) in [6, 6.07) is 3.35. The van der Waals surface area contributed by atoms with Gasteiger partial charge >= 0.3 is 6.03 Å². The zero-order valence-corrected chi connectivity index (χ0v) is 8.08. The predicted molar refractivity (Wildman–Crippen MR) is 50.8 cm³/mol. The molecule has 5 nitrogen and oxygen atoms in total. The lowest BCUT2D eigenvalue weighted by molar-refractivity contribution is 0.195. The van der Waals surface area contributed by atoms with Crippen LogP contribution in [0.2, 0.25) is 0 Å².